The van der Waals surface area contributed by atoms with Crippen molar-refractivity contribution in [3.05, 3.63) is 16.1 Å². The molecule has 1 aliphatic rings. The quantitative estimate of drug-likeness (QED) is 0.860. The monoisotopic (exact) mass is 225 g/mol. The second-order valence-corrected chi connectivity index (χ2v) is 5.63. The first kappa shape index (κ1) is 10.6. The van der Waals surface area contributed by atoms with Gasteiger partial charge in [0.25, 0.3) is 0 Å². The van der Waals surface area contributed by atoms with Gasteiger partial charge in [-0.05, 0) is 26.2 Å². The molecule has 0 aliphatic heterocycles. The molecule has 0 unspecified atom stereocenters. The summed E-state index contributed by atoms with van der Waals surface area (Å²) in [5, 5.41) is 10.3. The largest absolute Gasteiger partial charge is 0.481 e. The summed E-state index contributed by atoms with van der Waals surface area (Å²) < 4.78 is 0. The lowest BCUT2D eigenvalue weighted by atomic mass is 9.82. The van der Waals surface area contributed by atoms with Gasteiger partial charge in [-0.1, -0.05) is 12.8 Å². The Morgan fingerprint density at radius 1 is 1.60 bits per heavy atom. The first-order valence-electron chi connectivity index (χ1n) is 5.27. The number of hydrogen-bond acceptors (Lipinski definition) is 3. The zero-order valence-electron chi connectivity index (χ0n) is 8.82. The molecule has 0 bridgehead atoms. The molecule has 1 N–H and O–H groups in total. The Kier molecular flexibility index (Phi) is 2.78. The molecule has 0 spiro atoms. The molecule has 1 heterocycles. The summed E-state index contributed by atoms with van der Waals surface area (Å²) in [6.07, 6.45) is 6.21. The van der Waals surface area contributed by atoms with Crippen LogP contribution in [0.3, 0.4) is 0 Å². The van der Waals surface area contributed by atoms with Crippen molar-refractivity contribution >= 4 is 17.3 Å². The second-order valence-electron chi connectivity index (χ2n) is 4.31. The van der Waals surface area contributed by atoms with Gasteiger partial charge in [-0.25, -0.2) is 4.98 Å². The van der Waals surface area contributed by atoms with E-state index in [-0.39, 0.29) is 0 Å². The van der Waals surface area contributed by atoms with Gasteiger partial charge in [-0.3, -0.25) is 4.79 Å². The van der Waals surface area contributed by atoms with Crippen molar-refractivity contribution in [3.8, 4) is 0 Å². The van der Waals surface area contributed by atoms with Crippen LogP contribution < -0.4 is 0 Å². The number of nitrogens with zero attached hydrogens (tertiary/aromatic N) is 1. The van der Waals surface area contributed by atoms with Gasteiger partial charge in [0.15, 0.2) is 0 Å². The summed E-state index contributed by atoms with van der Waals surface area (Å²) in [6, 6.07) is 0. The average molecular weight is 225 g/mol. The van der Waals surface area contributed by atoms with Crippen molar-refractivity contribution < 1.29 is 9.90 Å². The lowest BCUT2D eigenvalue weighted by Crippen LogP contribution is -2.29. The van der Waals surface area contributed by atoms with E-state index in [9.17, 15) is 9.90 Å². The molecule has 15 heavy (non-hydrogen) atoms. The number of hydrogen-bond donors (Lipinski definition) is 1. The first-order chi connectivity index (χ1) is 7.12. The van der Waals surface area contributed by atoms with E-state index in [1.54, 1.807) is 11.3 Å². The van der Waals surface area contributed by atoms with Crippen molar-refractivity contribution in [3.63, 3.8) is 0 Å². The van der Waals surface area contributed by atoms with Gasteiger partial charge >= 0.3 is 5.97 Å². The van der Waals surface area contributed by atoms with E-state index < -0.39 is 11.4 Å². The number of aliphatic carboxylic acids is 1. The Balaban J connectivity index is 2.17. The number of carboxylic acid groups (broad SMARTS) is 1. The summed E-state index contributed by atoms with van der Waals surface area (Å²) in [6.45, 7) is 1.95. The molecule has 3 nitrogen and oxygen atoms in total. The maximum absolute atomic E-state index is 11.3. The van der Waals surface area contributed by atoms with Gasteiger partial charge in [0.05, 0.1) is 10.4 Å². The second kappa shape index (κ2) is 3.93. The molecular formula is C11H15NO2S. The molecule has 0 aromatic carbocycles. The molecule has 82 valence electrons. The van der Waals surface area contributed by atoms with Crippen LogP contribution in [0.25, 0.3) is 0 Å². The average Bonchev–Trinajstić information content (AvgIpc) is 2.77. The van der Waals surface area contributed by atoms with Crippen molar-refractivity contribution in [1.29, 1.82) is 0 Å². The zero-order valence-corrected chi connectivity index (χ0v) is 9.64. The van der Waals surface area contributed by atoms with Crippen LogP contribution in [0.1, 0.15) is 35.6 Å². The third kappa shape index (κ3) is 2.04. The van der Waals surface area contributed by atoms with Gasteiger partial charge in [0.1, 0.15) is 0 Å². The standard InChI is InChI=1S/C11H15NO2S/c1-8-12-7-9(15-8)6-11(10(13)14)4-2-3-5-11/h7H,2-6H2,1H3,(H,13,14). The fraction of sp³-hybridized carbons (Fsp3) is 0.636. The fourth-order valence-electron chi connectivity index (χ4n) is 2.34. The van der Waals surface area contributed by atoms with E-state index in [1.165, 1.54) is 0 Å². The van der Waals surface area contributed by atoms with Crippen LogP contribution in [-0.4, -0.2) is 16.1 Å². The fourth-order valence-corrected chi connectivity index (χ4v) is 3.28. The summed E-state index contributed by atoms with van der Waals surface area (Å²) in [7, 11) is 0. The Hall–Kier alpha value is -0.900. The number of carbonyl (C=O) groups is 1. The molecule has 1 fully saturated rings. The zero-order chi connectivity index (χ0) is 10.9. The summed E-state index contributed by atoms with van der Waals surface area (Å²) in [5.41, 5.74) is -0.501. The lowest BCUT2D eigenvalue weighted by molar-refractivity contribution is -0.148. The van der Waals surface area contributed by atoms with E-state index >= 15 is 0 Å². The highest BCUT2D eigenvalue weighted by molar-refractivity contribution is 7.11. The molecule has 1 saturated carbocycles. The molecule has 0 atom stereocenters. The molecular weight excluding hydrogens is 210 g/mol. The van der Waals surface area contributed by atoms with E-state index in [2.05, 4.69) is 4.98 Å². The molecule has 4 heteroatoms. The number of rotatable bonds is 3. The molecule has 2 rings (SSSR count). The summed E-state index contributed by atoms with van der Waals surface area (Å²) in [4.78, 5) is 16.6. The van der Waals surface area contributed by atoms with Crippen LogP contribution in [0.15, 0.2) is 6.20 Å². The highest BCUT2D eigenvalue weighted by Gasteiger charge is 2.41. The number of aromatic nitrogens is 1. The van der Waals surface area contributed by atoms with Crippen LogP contribution in [0.2, 0.25) is 0 Å². The SMILES string of the molecule is Cc1ncc(CC2(C(=O)O)CCCC2)s1. The lowest BCUT2D eigenvalue weighted by Gasteiger charge is -2.22. The minimum Gasteiger partial charge on any atom is -0.481 e. The smallest absolute Gasteiger partial charge is 0.309 e. The van der Waals surface area contributed by atoms with Crippen molar-refractivity contribution in [1.82, 2.24) is 4.98 Å². The Labute approximate surface area is 93.2 Å². The highest BCUT2D eigenvalue weighted by atomic mass is 32.1. The van der Waals surface area contributed by atoms with Crippen LogP contribution >= 0.6 is 11.3 Å². The molecule has 1 aromatic heterocycles. The Bertz CT molecular complexity index is 366. The number of carboxylic acids is 1. The highest BCUT2D eigenvalue weighted by Crippen LogP contribution is 2.41. The predicted molar refractivity (Wildman–Crippen MR) is 59.1 cm³/mol. The summed E-state index contributed by atoms with van der Waals surface area (Å²) >= 11 is 1.62. The van der Waals surface area contributed by atoms with Gasteiger partial charge in [-0.15, -0.1) is 11.3 Å². The Morgan fingerprint density at radius 3 is 2.73 bits per heavy atom. The van der Waals surface area contributed by atoms with Crippen molar-refractivity contribution in [2.24, 2.45) is 5.41 Å². The molecule has 0 radical (unpaired) electrons. The minimum absolute atomic E-state index is 0.501. The number of aryl methyl sites for hydroxylation is 1. The third-order valence-electron chi connectivity index (χ3n) is 3.20. The van der Waals surface area contributed by atoms with Gasteiger partial charge in [-0.2, -0.15) is 0 Å². The maximum Gasteiger partial charge on any atom is 0.309 e. The molecule has 1 aromatic rings. The van der Waals surface area contributed by atoms with E-state index in [4.69, 9.17) is 0 Å². The third-order valence-corrected chi connectivity index (χ3v) is 4.11. The van der Waals surface area contributed by atoms with Gasteiger partial charge in [0.2, 0.25) is 0 Å². The molecule has 1 aliphatic carbocycles. The summed E-state index contributed by atoms with van der Waals surface area (Å²) in [5.74, 6) is -0.633. The molecule has 0 saturated heterocycles. The number of thiazole rings is 1. The first-order valence-corrected chi connectivity index (χ1v) is 6.09. The van der Waals surface area contributed by atoms with Gasteiger partial charge < -0.3 is 5.11 Å². The van der Waals surface area contributed by atoms with Crippen molar-refractivity contribution in [2.75, 3.05) is 0 Å². The van der Waals surface area contributed by atoms with E-state index in [0.717, 1.165) is 35.6 Å². The van der Waals surface area contributed by atoms with Crippen LogP contribution in [0, 0.1) is 12.3 Å². The van der Waals surface area contributed by atoms with Crippen LogP contribution in [0.5, 0.6) is 0 Å². The topological polar surface area (TPSA) is 50.2 Å². The van der Waals surface area contributed by atoms with Crippen LogP contribution in [-0.2, 0) is 11.2 Å². The van der Waals surface area contributed by atoms with E-state index in [1.807, 2.05) is 13.1 Å². The van der Waals surface area contributed by atoms with Crippen molar-refractivity contribution in [2.45, 2.75) is 39.0 Å². The Morgan fingerprint density at radius 2 is 2.27 bits per heavy atom. The van der Waals surface area contributed by atoms with E-state index in [0.29, 0.717) is 6.42 Å². The maximum atomic E-state index is 11.3. The predicted octanol–water partition coefficient (Wildman–Crippen LogP) is 2.64. The van der Waals surface area contributed by atoms with Crippen LogP contribution in [0.4, 0.5) is 0 Å². The minimum atomic E-state index is -0.633. The molecule has 0 amide bonds. The normalized spacial score (nSPS) is 19.3. The van der Waals surface area contributed by atoms with Gasteiger partial charge in [0, 0.05) is 11.1 Å².